The summed E-state index contributed by atoms with van der Waals surface area (Å²) in [6.45, 7) is 8.33. The maximum absolute atomic E-state index is 14.2. The molecule has 0 spiro atoms. The minimum absolute atomic E-state index is 0.0658. The zero-order valence-electron chi connectivity index (χ0n) is 45.8. The number of pyridine rings is 3. The molecule has 0 radical (unpaired) electrons. The number of fused-ring (bicyclic) bond motifs is 4. The number of aryl methyl sites for hydroxylation is 1. The van der Waals surface area contributed by atoms with Crippen molar-refractivity contribution in [3.8, 4) is 17.0 Å². The summed E-state index contributed by atoms with van der Waals surface area (Å²) in [5, 5.41) is 14.6. The first-order chi connectivity index (χ1) is 38.1. The van der Waals surface area contributed by atoms with E-state index in [1.54, 1.807) is 65.9 Å². The molecule has 1 aromatic carbocycles. The van der Waals surface area contributed by atoms with Crippen molar-refractivity contribution in [2.45, 2.75) is 109 Å². The van der Waals surface area contributed by atoms with Crippen LogP contribution in [0.5, 0.6) is 5.88 Å². The number of thiophene rings is 1. The summed E-state index contributed by atoms with van der Waals surface area (Å²) in [6.07, 6.45) is 10.0. The normalized spacial score (nSPS) is 23.3. The van der Waals surface area contributed by atoms with E-state index in [-0.39, 0.29) is 59.6 Å². The number of methoxy groups -OCH3 is 1. The maximum Gasteiger partial charge on any atom is 0.471 e. The number of likely N-dealkylation sites (tertiary alicyclic amines) is 1. The molecule has 3 fully saturated rings. The number of aliphatic hydroxyl groups excluding tert-OH is 1. The third-order valence-electron chi connectivity index (χ3n) is 16.0. The summed E-state index contributed by atoms with van der Waals surface area (Å²) in [6, 6.07) is 11.4. The van der Waals surface area contributed by atoms with Crippen LogP contribution in [-0.4, -0.2) is 145 Å². The SMILES string of the molecule is [2H]C([2H])([2H])Oc1ncc(-c2ccnc(N3CCc4c(sc5c4CCCC5)C3=O)c2[C@@H](C)O)cc1Nc1ccc(N2CCN(C3CCN(c4ccc5c(c4)C(=O)N(C4CCC(=O)N(COP(=O)(O)O)C4=O)C5=O)[C@@H](C)C3)C[C@@H]2C)cn1. The molecule has 1 aliphatic carbocycles. The molecule has 4 N–H and O–H groups in total. The smallest absolute Gasteiger partial charge is 0.471 e. The second-order valence-electron chi connectivity index (χ2n) is 20.6. The van der Waals surface area contributed by atoms with Gasteiger partial charge in [0.2, 0.25) is 11.8 Å². The molecule has 2 unspecified atom stereocenters. The van der Waals surface area contributed by atoms with Gasteiger partial charge < -0.3 is 34.7 Å². The quantitative estimate of drug-likeness (QED) is 0.0753. The Morgan fingerprint density at radius 1 is 0.831 bits per heavy atom. The molecule has 404 valence electrons. The first-order valence-corrected chi connectivity index (χ1v) is 28.4. The molecule has 21 nitrogen and oxygen atoms in total. The number of aromatic nitrogens is 3. The van der Waals surface area contributed by atoms with Gasteiger partial charge in [0.1, 0.15) is 30.1 Å². The highest BCUT2D eigenvalue weighted by Crippen LogP contribution is 2.43. The highest BCUT2D eigenvalue weighted by Gasteiger charge is 2.48. The van der Waals surface area contributed by atoms with Crippen LogP contribution < -0.4 is 24.8 Å². The summed E-state index contributed by atoms with van der Waals surface area (Å²) < 4.78 is 44.7. The van der Waals surface area contributed by atoms with E-state index in [4.69, 9.17) is 23.6 Å². The molecule has 9 heterocycles. The number of amides is 5. The fourth-order valence-corrected chi connectivity index (χ4v) is 13.9. The second kappa shape index (κ2) is 21.0. The lowest BCUT2D eigenvalue weighted by Crippen LogP contribution is -2.58. The van der Waals surface area contributed by atoms with Crippen LogP contribution in [0.2, 0.25) is 0 Å². The number of nitrogens with one attached hydrogen (secondary N) is 1. The zero-order valence-corrected chi connectivity index (χ0v) is 44.5. The molecule has 0 bridgehead atoms. The number of carbonyl (C=O) groups excluding carboxylic acids is 5. The largest absolute Gasteiger partial charge is 0.480 e. The molecule has 23 heteroatoms. The Morgan fingerprint density at radius 2 is 1.62 bits per heavy atom. The number of rotatable bonds is 13. The molecule has 5 aromatic rings. The first kappa shape index (κ1) is 48.7. The molecule has 77 heavy (non-hydrogen) atoms. The van der Waals surface area contributed by atoms with Gasteiger partial charge in [-0.2, -0.15) is 0 Å². The summed E-state index contributed by atoms with van der Waals surface area (Å²) in [4.78, 5) is 112. The van der Waals surface area contributed by atoms with Gasteiger partial charge in [0, 0.05) is 91.4 Å². The zero-order chi connectivity index (χ0) is 56.5. The Balaban J connectivity index is 0.737. The van der Waals surface area contributed by atoms with Gasteiger partial charge in [-0.25, -0.2) is 19.5 Å². The molecule has 5 amide bonds. The minimum atomic E-state index is -5.02. The van der Waals surface area contributed by atoms with E-state index >= 15 is 0 Å². The average molecular weight is 1090 g/mol. The summed E-state index contributed by atoms with van der Waals surface area (Å²) in [5.41, 5.74) is 6.14. The van der Waals surface area contributed by atoms with Crippen LogP contribution in [-0.2, 0) is 37.9 Å². The van der Waals surface area contributed by atoms with Gasteiger partial charge in [-0.15, -0.1) is 11.3 Å². The molecule has 5 atom stereocenters. The van der Waals surface area contributed by atoms with Crippen molar-refractivity contribution < 1.29 is 56.8 Å². The van der Waals surface area contributed by atoms with Crippen LogP contribution in [0.25, 0.3) is 11.1 Å². The number of piperidine rings is 2. The van der Waals surface area contributed by atoms with Gasteiger partial charge in [-0.3, -0.25) is 48.1 Å². The fraction of sp³-hybridized carbons (Fsp3) is 0.444. The van der Waals surface area contributed by atoms with Crippen LogP contribution in [0, 0.1) is 0 Å². The van der Waals surface area contributed by atoms with Crippen LogP contribution >= 0.6 is 19.2 Å². The number of nitrogens with zero attached hydrogens (tertiary/aromatic N) is 9. The topological polar surface area (TPSA) is 252 Å². The van der Waals surface area contributed by atoms with Crippen LogP contribution in [0.4, 0.5) is 28.7 Å². The number of benzene rings is 1. The lowest BCUT2D eigenvalue weighted by atomic mass is 9.91. The van der Waals surface area contributed by atoms with Gasteiger partial charge in [0.15, 0.2) is 0 Å². The van der Waals surface area contributed by atoms with E-state index in [0.717, 1.165) is 84.9 Å². The Labute approximate surface area is 453 Å². The third kappa shape index (κ3) is 9.89. The van der Waals surface area contributed by atoms with E-state index in [0.29, 0.717) is 52.7 Å². The number of phosphoric acid groups is 1. The Morgan fingerprint density at radius 3 is 2.38 bits per heavy atom. The monoisotopic (exact) mass is 1090 g/mol. The second-order valence-corrected chi connectivity index (χ2v) is 23.0. The minimum Gasteiger partial charge on any atom is -0.480 e. The van der Waals surface area contributed by atoms with Gasteiger partial charge in [0.25, 0.3) is 23.6 Å². The number of imide groups is 2. The number of hydrogen-bond acceptors (Lipinski definition) is 17. The highest BCUT2D eigenvalue weighted by molar-refractivity contribution is 7.46. The molecule has 3 saturated heterocycles. The molecular formula is C54H61N10O11PS. The number of ether oxygens (including phenoxy) is 1. The third-order valence-corrected chi connectivity index (χ3v) is 17.7. The van der Waals surface area contributed by atoms with E-state index in [2.05, 4.69) is 48.4 Å². The Kier molecular flexibility index (Phi) is 13.3. The predicted molar refractivity (Wildman–Crippen MR) is 287 cm³/mol. The lowest BCUT2D eigenvalue weighted by molar-refractivity contribution is -0.155. The molecule has 6 aliphatic rings. The van der Waals surface area contributed by atoms with E-state index in [1.807, 2.05) is 12.1 Å². The van der Waals surface area contributed by atoms with Gasteiger partial charge in [-0.05, 0) is 131 Å². The number of piperazine rings is 1. The Hall–Kier alpha value is -6.65. The predicted octanol–water partition coefficient (Wildman–Crippen LogP) is 6.24. The van der Waals surface area contributed by atoms with Crippen LogP contribution in [0.3, 0.4) is 0 Å². The lowest BCUT2D eigenvalue weighted by Gasteiger charge is -2.48. The van der Waals surface area contributed by atoms with Crippen molar-refractivity contribution in [1.29, 1.82) is 0 Å². The van der Waals surface area contributed by atoms with Gasteiger partial charge >= 0.3 is 7.82 Å². The molecular weight excluding hydrogens is 1030 g/mol. The first-order valence-electron chi connectivity index (χ1n) is 27.5. The average Bonchev–Trinajstić information content (AvgIpc) is 3.89. The summed E-state index contributed by atoms with van der Waals surface area (Å²) in [5.74, 6) is -2.60. The van der Waals surface area contributed by atoms with E-state index in [9.17, 15) is 33.6 Å². The molecule has 4 aromatic heterocycles. The fourth-order valence-electron chi connectivity index (χ4n) is 12.2. The van der Waals surface area contributed by atoms with Crippen LogP contribution in [0.1, 0.15) is 121 Å². The van der Waals surface area contributed by atoms with Crippen molar-refractivity contribution in [3.05, 3.63) is 98.6 Å². The van der Waals surface area contributed by atoms with Gasteiger partial charge in [0.05, 0.1) is 45.1 Å². The van der Waals surface area contributed by atoms with E-state index in [1.165, 1.54) is 16.6 Å². The maximum atomic E-state index is 14.2. The number of anilines is 5. The van der Waals surface area contributed by atoms with Crippen molar-refractivity contribution in [1.82, 2.24) is 29.7 Å². The van der Waals surface area contributed by atoms with Crippen molar-refractivity contribution in [3.63, 3.8) is 0 Å². The van der Waals surface area contributed by atoms with Crippen molar-refractivity contribution in [2.75, 3.05) is 66.5 Å². The van der Waals surface area contributed by atoms with E-state index < -0.39 is 57.4 Å². The van der Waals surface area contributed by atoms with Crippen LogP contribution in [0.15, 0.2) is 61.1 Å². The number of hydrogen-bond donors (Lipinski definition) is 4. The summed E-state index contributed by atoms with van der Waals surface area (Å²) in [7, 11) is -7.84. The number of carbonyl (C=O) groups is 5. The molecule has 11 rings (SSSR count). The van der Waals surface area contributed by atoms with Gasteiger partial charge in [-0.1, -0.05) is 0 Å². The van der Waals surface area contributed by atoms with Crippen molar-refractivity contribution in [2.24, 2.45) is 0 Å². The standard InChI is InChI=1S/C54H61N10O11PS/c1-30-23-34(16-19-60(30)35-9-11-40-41(25-35)52(68)64(51(40)67)43-12-14-46(66)63(53(43)69)29-75-76(71,72)73)59-21-22-61(31(2)28-59)36-10-13-45(56-27-36)58-42-24-33(26-57-50(42)74-4)37-15-18-55-49(47(37)32(3)65)62-20-17-39-38-7-5-6-8-44(38)77-48(39)54(62)70/h9-11,13,15,18,24-27,30-32,34,43,65H,5-8,12,14,16-17,19-23,28-29H2,1-4H3,(H,56,58)(H2,71,72,73)/t30-,31-,32+,34?,43?/m0/s1/i4D3. The number of phosphoric ester groups is 1. The summed E-state index contributed by atoms with van der Waals surface area (Å²) >= 11 is 1.58. The molecule has 0 saturated carbocycles. The highest BCUT2D eigenvalue weighted by atomic mass is 32.1. The Bertz CT molecular complexity index is 3360. The van der Waals surface area contributed by atoms with Crippen molar-refractivity contribution >= 4 is 77.4 Å². The number of aliphatic hydroxyl groups is 1. The molecule has 5 aliphatic heterocycles.